The SMILES string of the molecule is CC(=O)Nc1ccc2[nH]c(C)c(C/C=C(\C)Cl)c(=O)c2c1. The lowest BCUT2D eigenvalue weighted by Crippen LogP contribution is -2.13. The van der Waals surface area contributed by atoms with Crippen molar-refractivity contribution in [2.24, 2.45) is 0 Å². The van der Waals surface area contributed by atoms with Crippen LogP contribution >= 0.6 is 11.6 Å². The van der Waals surface area contributed by atoms with E-state index >= 15 is 0 Å². The van der Waals surface area contributed by atoms with Gasteiger partial charge in [0.1, 0.15) is 0 Å². The molecule has 0 aliphatic rings. The van der Waals surface area contributed by atoms with Crippen LogP contribution in [-0.4, -0.2) is 10.9 Å². The number of carbonyl (C=O) groups excluding carboxylic acids is 1. The van der Waals surface area contributed by atoms with Crippen molar-refractivity contribution < 1.29 is 4.79 Å². The summed E-state index contributed by atoms with van der Waals surface area (Å²) < 4.78 is 0. The van der Waals surface area contributed by atoms with E-state index in [0.29, 0.717) is 28.1 Å². The molecule has 1 amide bonds. The maximum absolute atomic E-state index is 12.6. The molecule has 0 aliphatic heterocycles. The van der Waals surface area contributed by atoms with Crippen LogP contribution in [0, 0.1) is 6.92 Å². The molecule has 110 valence electrons. The second-order valence-corrected chi connectivity index (χ2v) is 5.59. The predicted octanol–water partition coefficient (Wildman–Crippen LogP) is 3.48. The number of benzene rings is 1. The number of allylic oxidation sites excluding steroid dienone is 2. The van der Waals surface area contributed by atoms with E-state index in [2.05, 4.69) is 10.3 Å². The third-order valence-corrected chi connectivity index (χ3v) is 3.38. The Kier molecular flexibility index (Phi) is 4.48. The van der Waals surface area contributed by atoms with Gasteiger partial charge in [-0.3, -0.25) is 9.59 Å². The molecule has 2 rings (SSSR count). The first-order chi connectivity index (χ1) is 9.88. The summed E-state index contributed by atoms with van der Waals surface area (Å²) in [6, 6.07) is 5.25. The number of rotatable bonds is 3. The van der Waals surface area contributed by atoms with Crippen LogP contribution in [0.15, 0.2) is 34.1 Å². The highest BCUT2D eigenvalue weighted by Crippen LogP contribution is 2.17. The molecule has 5 heteroatoms. The number of nitrogens with one attached hydrogen (secondary N) is 2. The van der Waals surface area contributed by atoms with E-state index in [0.717, 1.165) is 11.2 Å². The Morgan fingerprint density at radius 1 is 1.38 bits per heavy atom. The van der Waals surface area contributed by atoms with Crippen molar-refractivity contribution in [3.05, 3.63) is 50.8 Å². The molecule has 0 saturated heterocycles. The van der Waals surface area contributed by atoms with E-state index < -0.39 is 0 Å². The van der Waals surface area contributed by atoms with Crippen LogP contribution in [0.2, 0.25) is 0 Å². The van der Waals surface area contributed by atoms with Crippen molar-refractivity contribution in [2.45, 2.75) is 27.2 Å². The minimum absolute atomic E-state index is 0.0392. The number of hydrogen-bond donors (Lipinski definition) is 2. The largest absolute Gasteiger partial charge is 0.358 e. The van der Waals surface area contributed by atoms with Gasteiger partial charge >= 0.3 is 0 Å². The standard InChI is InChI=1S/C16H17ClN2O2/c1-9(17)4-6-13-10(2)18-15-7-5-12(19-11(3)20)8-14(15)16(13)21/h4-5,7-8H,6H2,1-3H3,(H,18,21)(H,19,20)/b9-4+. The monoisotopic (exact) mass is 304 g/mol. The zero-order valence-corrected chi connectivity index (χ0v) is 13.0. The van der Waals surface area contributed by atoms with Crippen molar-refractivity contribution in [1.29, 1.82) is 0 Å². The molecule has 0 spiro atoms. The van der Waals surface area contributed by atoms with Gasteiger partial charge in [-0.2, -0.15) is 0 Å². The summed E-state index contributed by atoms with van der Waals surface area (Å²) in [5.74, 6) is -0.168. The molecule has 0 bridgehead atoms. The van der Waals surface area contributed by atoms with E-state index in [1.54, 1.807) is 25.1 Å². The van der Waals surface area contributed by atoms with Gasteiger partial charge in [0.15, 0.2) is 5.43 Å². The van der Waals surface area contributed by atoms with Crippen molar-refractivity contribution >= 4 is 34.1 Å². The molecule has 2 aromatic rings. The van der Waals surface area contributed by atoms with Crippen molar-refractivity contribution in [1.82, 2.24) is 4.98 Å². The van der Waals surface area contributed by atoms with Crippen LogP contribution in [0.25, 0.3) is 10.9 Å². The Morgan fingerprint density at radius 2 is 2.10 bits per heavy atom. The minimum atomic E-state index is -0.168. The average Bonchev–Trinajstić information content (AvgIpc) is 2.38. The van der Waals surface area contributed by atoms with Gasteiger partial charge < -0.3 is 10.3 Å². The van der Waals surface area contributed by atoms with E-state index in [-0.39, 0.29) is 11.3 Å². The van der Waals surface area contributed by atoms with Crippen LogP contribution in [0.5, 0.6) is 0 Å². The highest BCUT2D eigenvalue weighted by molar-refractivity contribution is 6.29. The van der Waals surface area contributed by atoms with Gasteiger partial charge in [-0.05, 0) is 38.5 Å². The Hall–Kier alpha value is -2.07. The second-order valence-electron chi connectivity index (χ2n) is 4.99. The number of aryl methyl sites for hydroxylation is 1. The van der Waals surface area contributed by atoms with Gasteiger partial charge in [0.25, 0.3) is 0 Å². The third-order valence-electron chi connectivity index (χ3n) is 3.22. The molecule has 1 aromatic carbocycles. The second kappa shape index (κ2) is 6.14. The van der Waals surface area contributed by atoms with Gasteiger partial charge in [0.2, 0.25) is 5.91 Å². The number of anilines is 1. The number of carbonyl (C=O) groups is 1. The molecule has 0 radical (unpaired) electrons. The highest BCUT2D eigenvalue weighted by atomic mass is 35.5. The summed E-state index contributed by atoms with van der Waals surface area (Å²) in [4.78, 5) is 26.9. The summed E-state index contributed by atoms with van der Waals surface area (Å²) >= 11 is 5.83. The molecule has 1 aromatic heterocycles. The molecule has 2 N–H and O–H groups in total. The van der Waals surface area contributed by atoms with Crippen molar-refractivity contribution in [2.75, 3.05) is 5.32 Å². The lowest BCUT2D eigenvalue weighted by molar-refractivity contribution is -0.114. The molecule has 0 saturated carbocycles. The Balaban J connectivity index is 2.59. The fourth-order valence-corrected chi connectivity index (χ4v) is 2.30. The van der Waals surface area contributed by atoms with Gasteiger partial charge in [0, 0.05) is 39.8 Å². The molecule has 0 unspecified atom stereocenters. The number of aromatic amines is 1. The number of H-pyrrole nitrogens is 1. The van der Waals surface area contributed by atoms with Crippen LogP contribution < -0.4 is 10.7 Å². The lowest BCUT2D eigenvalue weighted by Gasteiger charge is -2.08. The summed E-state index contributed by atoms with van der Waals surface area (Å²) in [5, 5.41) is 3.90. The van der Waals surface area contributed by atoms with Crippen LogP contribution in [0.1, 0.15) is 25.1 Å². The van der Waals surface area contributed by atoms with E-state index in [1.807, 2.05) is 13.0 Å². The number of amides is 1. The van der Waals surface area contributed by atoms with Gasteiger partial charge in [-0.1, -0.05) is 17.7 Å². The Bertz CT molecular complexity index is 787. The third kappa shape index (κ3) is 3.52. The molecule has 0 aliphatic carbocycles. The summed E-state index contributed by atoms with van der Waals surface area (Å²) in [7, 11) is 0. The molecule has 0 fully saturated rings. The summed E-state index contributed by atoms with van der Waals surface area (Å²) in [5.41, 5.74) is 2.83. The molecular formula is C16H17ClN2O2. The summed E-state index contributed by atoms with van der Waals surface area (Å²) in [6.45, 7) is 5.08. The maximum Gasteiger partial charge on any atom is 0.221 e. The van der Waals surface area contributed by atoms with Crippen LogP contribution in [0.4, 0.5) is 5.69 Å². The maximum atomic E-state index is 12.6. The zero-order chi connectivity index (χ0) is 15.6. The molecular weight excluding hydrogens is 288 g/mol. The molecule has 4 nitrogen and oxygen atoms in total. The number of pyridine rings is 1. The predicted molar refractivity (Wildman–Crippen MR) is 86.9 cm³/mol. The Morgan fingerprint density at radius 3 is 2.71 bits per heavy atom. The first-order valence-electron chi connectivity index (χ1n) is 6.64. The van der Waals surface area contributed by atoms with Crippen LogP contribution in [0.3, 0.4) is 0 Å². The van der Waals surface area contributed by atoms with E-state index in [9.17, 15) is 9.59 Å². The fraction of sp³-hybridized carbons (Fsp3) is 0.250. The number of hydrogen-bond acceptors (Lipinski definition) is 2. The Labute approximate surface area is 127 Å². The summed E-state index contributed by atoms with van der Waals surface area (Å²) in [6.07, 6.45) is 2.29. The van der Waals surface area contributed by atoms with E-state index in [4.69, 9.17) is 11.6 Å². The van der Waals surface area contributed by atoms with Gasteiger partial charge in [0.05, 0.1) is 0 Å². The van der Waals surface area contributed by atoms with Crippen molar-refractivity contribution in [3.8, 4) is 0 Å². The van der Waals surface area contributed by atoms with E-state index in [1.165, 1.54) is 6.92 Å². The minimum Gasteiger partial charge on any atom is -0.358 e. The van der Waals surface area contributed by atoms with Gasteiger partial charge in [-0.15, -0.1) is 0 Å². The topological polar surface area (TPSA) is 62.0 Å². The highest BCUT2D eigenvalue weighted by Gasteiger charge is 2.09. The molecule has 1 heterocycles. The normalized spacial score (nSPS) is 11.7. The first-order valence-corrected chi connectivity index (χ1v) is 7.01. The average molecular weight is 305 g/mol. The number of halogens is 1. The lowest BCUT2D eigenvalue weighted by atomic mass is 10.1. The molecule has 21 heavy (non-hydrogen) atoms. The smallest absolute Gasteiger partial charge is 0.221 e. The van der Waals surface area contributed by atoms with Crippen LogP contribution in [-0.2, 0) is 11.2 Å². The van der Waals surface area contributed by atoms with Gasteiger partial charge in [-0.25, -0.2) is 0 Å². The first kappa shape index (κ1) is 15.3. The van der Waals surface area contributed by atoms with Crippen molar-refractivity contribution in [3.63, 3.8) is 0 Å². The number of fused-ring (bicyclic) bond motifs is 1. The quantitative estimate of drug-likeness (QED) is 0.912. The molecule has 0 atom stereocenters. The zero-order valence-electron chi connectivity index (χ0n) is 12.2. The number of aromatic nitrogens is 1. The fourth-order valence-electron chi connectivity index (χ4n) is 2.22.